The van der Waals surface area contributed by atoms with Crippen LogP contribution < -0.4 is 5.32 Å². The molecule has 1 saturated heterocycles. The number of nitrogens with one attached hydrogen (secondary N) is 1. The van der Waals surface area contributed by atoms with Gasteiger partial charge in [-0.25, -0.2) is 0 Å². The largest absolute Gasteiger partial charge is 0.305 e. The van der Waals surface area contributed by atoms with Gasteiger partial charge in [-0.05, 0) is 31.2 Å². The molecule has 0 bridgehead atoms. The minimum Gasteiger partial charge on any atom is -0.305 e. The molecule has 1 aliphatic heterocycles. The number of hydrogen-bond acceptors (Lipinski definition) is 2. The van der Waals surface area contributed by atoms with Crippen LogP contribution in [0.5, 0.6) is 0 Å². The highest BCUT2D eigenvalue weighted by atomic mass is 15.2. The average Bonchev–Trinajstić information content (AvgIpc) is 2.49. The van der Waals surface area contributed by atoms with Crippen molar-refractivity contribution in [2.24, 2.45) is 5.92 Å². The molecule has 1 aromatic rings. The summed E-state index contributed by atoms with van der Waals surface area (Å²) in [5, 5.41) is 3.74. The molecule has 1 atom stereocenters. The van der Waals surface area contributed by atoms with Crippen LogP contribution in [0.3, 0.4) is 0 Å². The molecule has 0 spiro atoms. The molecule has 0 aromatic heterocycles. The van der Waals surface area contributed by atoms with E-state index >= 15 is 0 Å². The molecule has 1 aromatic carbocycles. The van der Waals surface area contributed by atoms with Gasteiger partial charge in [-0.3, -0.25) is 4.90 Å². The Hall–Kier alpha value is -0.860. The van der Waals surface area contributed by atoms with E-state index in [9.17, 15) is 0 Å². The van der Waals surface area contributed by atoms with Gasteiger partial charge >= 0.3 is 0 Å². The van der Waals surface area contributed by atoms with E-state index in [2.05, 4.69) is 47.5 Å². The summed E-state index contributed by atoms with van der Waals surface area (Å²) in [5.41, 5.74) is 1.54. The van der Waals surface area contributed by atoms with Gasteiger partial charge in [-0.2, -0.15) is 0 Å². The molecule has 110 valence electrons. The SMILES string of the molecule is CC1(c2ccccc2)CN(CC2CCCCC2)CCN1. The Balaban J connectivity index is 1.63. The van der Waals surface area contributed by atoms with E-state index < -0.39 is 0 Å². The molecule has 2 fully saturated rings. The molecule has 1 heterocycles. The first kappa shape index (κ1) is 14.1. The van der Waals surface area contributed by atoms with Crippen LogP contribution in [0.25, 0.3) is 0 Å². The van der Waals surface area contributed by atoms with Gasteiger partial charge in [-0.1, -0.05) is 49.6 Å². The molecule has 1 aliphatic carbocycles. The van der Waals surface area contributed by atoms with Crippen molar-refractivity contribution in [3.8, 4) is 0 Å². The fraction of sp³-hybridized carbons (Fsp3) is 0.667. The summed E-state index contributed by atoms with van der Waals surface area (Å²) in [5.74, 6) is 0.946. The number of benzene rings is 1. The predicted molar refractivity (Wildman–Crippen MR) is 84.8 cm³/mol. The molecule has 0 amide bonds. The van der Waals surface area contributed by atoms with Gasteiger partial charge in [0, 0.05) is 26.2 Å². The second-order valence-electron chi connectivity index (χ2n) is 6.86. The number of nitrogens with zero attached hydrogens (tertiary/aromatic N) is 1. The average molecular weight is 272 g/mol. The Labute approximate surface area is 123 Å². The lowest BCUT2D eigenvalue weighted by atomic mass is 9.86. The fourth-order valence-electron chi connectivity index (χ4n) is 3.96. The van der Waals surface area contributed by atoms with Gasteiger partial charge < -0.3 is 5.32 Å². The van der Waals surface area contributed by atoms with Crippen molar-refractivity contribution >= 4 is 0 Å². The van der Waals surface area contributed by atoms with Crippen molar-refractivity contribution in [2.45, 2.75) is 44.6 Å². The van der Waals surface area contributed by atoms with Crippen molar-refractivity contribution in [2.75, 3.05) is 26.2 Å². The molecule has 2 heteroatoms. The zero-order valence-corrected chi connectivity index (χ0v) is 12.8. The number of piperazine rings is 1. The summed E-state index contributed by atoms with van der Waals surface area (Å²) >= 11 is 0. The molecule has 20 heavy (non-hydrogen) atoms. The Morgan fingerprint density at radius 1 is 1.15 bits per heavy atom. The molecule has 0 radical (unpaired) electrons. The molecule has 3 rings (SSSR count). The first-order chi connectivity index (χ1) is 9.76. The Kier molecular flexibility index (Phi) is 4.42. The zero-order valence-electron chi connectivity index (χ0n) is 12.8. The first-order valence-electron chi connectivity index (χ1n) is 8.29. The normalized spacial score (nSPS) is 29.4. The third kappa shape index (κ3) is 3.24. The zero-order chi connectivity index (χ0) is 13.8. The Bertz CT molecular complexity index is 411. The minimum absolute atomic E-state index is 0.119. The van der Waals surface area contributed by atoms with Crippen LogP contribution in [0.15, 0.2) is 30.3 Å². The number of rotatable bonds is 3. The maximum absolute atomic E-state index is 3.74. The molecule has 1 saturated carbocycles. The lowest BCUT2D eigenvalue weighted by Crippen LogP contribution is -2.57. The summed E-state index contributed by atoms with van der Waals surface area (Å²) in [6.45, 7) is 7.13. The topological polar surface area (TPSA) is 15.3 Å². The Morgan fingerprint density at radius 2 is 1.90 bits per heavy atom. The van der Waals surface area contributed by atoms with Crippen molar-refractivity contribution in [3.63, 3.8) is 0 Å². The second-order valence-corrected chi connectivity index (χ2v) is 6.86. The smallest absolute Gasteiger partial charge is 0.0535 e. The van der Waals surface area contributed by atoms with Gasteiger partial charge in [0.2, 0.25) is 0 Å². The van der Waals surface area contributed by atoms with Crippen LogP contribution >= 0.6 is 0 Å². The molecular formula is C18H28N2. The molecule has 1 N–H and O–H groups in total. The lowest BCUT2D eigenvalue weighted by molar-refractivity contribution is 0.114. The third-order valence-electron chi connectivity index (χ3n) is 5.14. The summed E-state index contributed by atoms with van der Waals surface area (Å²) in [6.07, 6.45) is 7.26. The number of hydrogen-bond donors (Lipinski definition) is 1. The van der Waals surface area contributed by atoms with E-state index in [4.69, 9.17) is 0 Å². The van der Waals surface area contributed by atoms with Crippen molar-refractivity contribution < 1.29 is 0 Å². The summed E-state index contributed by atoms with van der Waals surface area (Å²) in [7, 11) is 0. The van der Waals surface area contributed by atoms with Gasteiger partial charge in [0.15, 0.2) is 0 Å². The van der Waals surface area contributed by atoms with Gasteiger partial charge in [0.1, 0.15) is 0 Å². The third-order valence-corrected chi connectivity index (χ3v) is 5.14. The first-order valence-corrected chi connectivity index (χ1v) is 8.29. The van der Waals surface area contributed by atoms with E-state index in [1.165, 1.54) is 50.8 Å². The van der Waals surface area contributed by atoms with Crippen LogP contribution in [0.2, 0.25) is 0 Å². The molecular weight excluding hydrogens is 244 g/mol. The van der Waals surface area contributed by atoms with Crippen molar-refractivity contribution in [1.82, 2.24) is 10.2 Å². The van der Waals surface area contributed by atoms with Gasteiger partial charge in [0.25, 0.3) is 0 Å². The van der Waals surface area contributed by atoms with Gasteiger partial charge in [0.05, 0.1) is 5.54 Å². The highest BCUT2D eigenvalue weighted by molar-refractivity contribution is 5.24. The van der Waals surface area contributed by atoms with Crippen LogP contribution in [0, 0.1) is 5.92 Å². The van der Waals surface area contributed by atoms with Crippen molar-refractivity contribution in [3.05, 3.63) is 35.9 Å². The summed E-state index contributed by atoms with van der Waals surface area (Å²) < 4.78 is 0. The van der Waals surface area contributed by atoms with E-state index in [1.807, 2.05) is 0 Å². The van der Waals surface area contributed by atoms with Gasteiger partial charge in [-0.15, -0.1) is 0 Å². The van der Waals surface area contributed by atoms with E-state index in [-0.39, 0.29) is 5.54 Å². The minimum atomic E-state index is 0.119. The molecule has 2 nitrogen and oxygen atoms in total. The van der Waals surface area contributed by atoms with Crippen LogP contribution in [-0.2, 0) is 5.54 Å². The molecule has 1 unspecified atom stereocenters. The van der Waals surface area contributed by atoms with E-state index in [0.29, 0.717) is 0 Å². The standard InChI is InChI=1S/C18H28N2/c1-18(17-10-6-3-7-11-17)15-20(13-12-19-18)14-16-8-4-2-5-9-16/h3,6-7,10-11,16,19H,2,4-5,8-9,12-15H2,1H3. The lowest BCUT2D eigenvalue weighted by Gasteiger charge is -2.43. The monoisotopic (exact) mass is 272 g/mol. The fourth-order valence-corrected chi connectivity index (χ4v) is 3.96. The van der Waals surface area contributed by atoms with E-state index in [1.54, 1.807) is 0 Å². The quantitative estimate of drug-likeness (QED) is 0.907. The maximum atomic E-state index is 3.74. The van der Waals surface area contributed by atoms with Crippen LogP contribution in [0.1, 0.15) is 44.6 Å². The predicted octanol–water partition coefficient (Wildman–Crippen LogP) is 3.39. The van der Waals surface area contributed by atoms with Crippen LogP contribution in [-0.4, -0.2) is 31.1 Å². The Morgan fingerprint density at radius 3 is 2.65 bits per heavy atom. The van der Waals surface area contributed by atoms with Crippen LogP contribution in [0.4, 0.5) is 0 Å². The maximum Gasteiger partial charge on any atom is 0.0535 e. The van der Waals surface area contributed by atoms with E-state index in [0.717, 1.165) is 19.0 Å². The highest BCUT2D eigenvalue weighted by Gasteiger charge is 2.32. The second kappa shape index (κ2) is 6.28. The summed E-state index contributed by atoms with van der Waals surface area (Å²) in [6, 6.07) is 10.9. The molecule has 2 aliphatic rings. The highest BCUT2D eigenvalue weighted by Crippen LogP contribution is 2.28. The summed E-state index contributed by atoms with van der Waals surface area (Å²) in [4.78, 5) is 2.69. The van der Waals surface area contributed by atoms with Crippen molar-refractivity contribution in [1.29, 1.82) is 0 Å².